The van der Waals surface area contributed by atoms with E-state index in [1.54, 1.807) is 24.3 Å². The van der Waals surface area contributed by atoms with Crippen molar-refractivity contribution >= 4 is 35.1 Å². The second kappa shape index (κ2) is 7.50. The van der Waals surface area contributed by atoms with Crippen LogP contribution in [0.1, 0.15) is 46.4 Å². The number of anilines is 2. The molecule has 1 heterocycles. The zero-order valence-corrected chi connectivity index (χ0v) is 15.6. The molecule has 1 saturated heterocycles. The van der Waals surface area contributed by atoms with Crippen LogP contribution in [0.4, 0.5) is 11.4 Å². The first kappa shape index (κ1) is 18.9. The smallest absolute Gasteiger partial charge is 0.337 e. The van der Waals surface area contributed by atoms with Crippen LogP contribution in [-0.2, 0) is 9.59 Å². The Bertz CT molecular complexity index is 975. The summed E-state index contributed by atoms with van der Waals surface area (Å²) in [6.45, 7) is 0. The van der Waals surface area contributed by atoms with E-state index in [4.69, 9.17) is 0 Å². The predicted octanol–water partition coefficient (Wildman–Crippen LogP) is 3.32. The molecule has 0 spiro atoms. The van der Waals surface area contributed by atoms with E-state index in [2.05, 4.69) is 5.32 Å². The van der Waals surface area contributed by atoms with E-state index in [9.17, 15) is 24.3 Å². The zero-order chi connectivity index (χ0) is 20.5. The lowest BCUT2D eigenvalue weighted by molar-refractivity contribution is -0.122. The van der Waals surface area contributed by atoms with Crippen molar-refractivity contribution in [3.8, 4) is 0 Å². The lowest BCUT2D eigenvalue weighted by Crippen LogP contribution is -2.30. The fourth-order valence-electron chi connectivity index (χ4n) is 4.15. The van der Waals surface area contributed by atoms with Gasteiger partial charge in [0, 0.05) is 5.56 Å². The molecule has 0 aromatic heterocycles. The third-order valence-corrected chi connectivity index (χ3v) is 5.63. The Kier molecular flexibility index (Phi) is 4.88. The van der Waals surface area contributed by atoms with Gasteiger partial charge in [-0.1, -0.05) is 25.0 Å². The number of imide groups is 1. The van der Waals surface area contributed by atoms with Crippen LogP contribution in [0, 0.1) is 11.8 Å². The molecule has 0 radical (unpaired) electrons. The van der Waals surface area contributed by atoms with Gasteiger partial charge in [-0.2, -0.15) is 0 Å². The van der Waals surface area contributed by atoms with Crippen molar-refractivity contribution in [3.05, 3.63) is 59.7 Å². The maximum absolute atomic E-state index is 12.7. The minimum atomic E-state index is -1.14. The summed E-state index contributed by atoms with van der Waals surface area (Å²) in [4.78, 5) is 50.4. The van der Waals surface area contributed by atoms with E-state index in [1.807, 2.05) is 0 Å². The monoisotopic (exact) mass is 392 g/mol. The number of carboxylic acids is 1. The third-order valence-electron chi connectivity index (χ3n) is 5.63. The van der Waals surface area contributed by atoms with E-state index >= 15 is 0 Å². The predicted molar refractivity (Wildman–Crippen MR) is 106 cm³/mol. The first-order chi connectivity index (χ1) is 14.0. The number of benzene rings is 2. The molecule has 2 aromatic rings. The number of rotatable bonds is 4. The number of fused-ring (bicyclic) bond motifs is 1. The number of carbonyl (C=O) groups excluding carboxylic acids is 3. The Morgan fingerprint density at radius 1 is 0.897 bits per heavy atom. The maximum Gasteiger partial charge on any atom is 0.337 e. The summed E-state index contributed by atoms with van der Waals surface area (Å²) in [5, 5.41) is 11.8. The van der Waals surface area contributed by atoms with E-state index in [0.717, 1.165) is 25.7 Å². The van der Waals surface area contributed by atoms with Gasteiger partial charge in [-0.15, -0.1) is 0 Å². The van der Waals surface area contributed by atoms with E-state index < -0.39 is 11.9 Å². The molecule has 0 bridgehead atoms. The van der Waals surface area contributed by atoms with Crippen LogP contribution >= 0.6 is 0 Å². The van der Waals surface area contributed by atoms with Crippen LogP contribution in [0.25, 0.3) is 0 Å². The molecule has 2 aliphatic rings. The van der Waals surface area contributed by atoms with Gasteiger partial charge in [0.05, 0.1) is 28.8 Å². The Balaban J connectivity index is 1.53. The van der Waals surface area contributed by atoms with Crippen LogP contribution in [-0.4, -0.2) is 28.8 Å². The second-order valence-corrected chi connectivity index (χ2v) is 7.36. The van der Waals surface area contributed by atoms with Crippen LogP contribution in [0.2, 0.25) is 0 Å². The highest BCUT2D eigenvalue weighted by Gasteiger charge is 2.48. The van der Waals surface area contributed by atoms with Gasteiger partial charge in [0.2, 0.25) is 11.8 Å². The summed E-state index contributed by atoms with van der Waals surface area (Å²) in [5.41, 5.74) is 0.943. The first-order valence-corrected chi connectivity index (χ1v) is 9.59. The number of nitrogens with one attached hydrogen (secondary N) is 1. The van der Waals surface area contributed by atoms with E-state index in [1.165, 1.54) is 29.2 Å². The molecule has 29 heavy (non-hydrogen) atoms. The molecule has 2 N–H and O–H groups in total. The molecule has 2 aromatic carbocycles. The van der Waals surface area contributed by atoms with Crippen molar-refractivity contribution in [3.63, 3.8) is 0 Å². The highest BCUT2D eigenvalue weighted by Crippen LogP contribution is 2.40. The van der Waals surface area contributed by atoms with Gasteiger partial charge < -0.3 is 10.4 Å². The summed E-state index contributed by atoms with van der Waals surface area (Å²) in [6, 6.07) is 12.3. The molecule has 148 valence electrons. The Morgan fingerprint density at radius 3 is 2.07 bits per heavy atom. The number of carbonyl (C=O) groups is 4. The Labute approximate surface area is 167 Å². The molecule has 3 amide bonds. The first-order valence-electron chi connectivity index (χ1n) is 9.59. The minimum Gasteiger partial charge on any atom is -0.478 e. The van der Waals surface area contributed by atoms with Crippen LogP contribution in [0.5, 0.6) is 0 Å². The van der Waals surface area contributed by atoms with Gasteiger partial charge in [-0.25, -0.2) is 4.79 Å². The number of amides is 3. The van der Waals surface area contributed by atoms with Crippen LogP contribution in [0.15, 0.2) is 48.5 Å². The highest BCUT2D eigenvalue weighted by atomic mass is 16.4. The number of hydrogen-bond donors (Lipinski definition) is 2. The summed E-state index contributed by atoms with van der Waals surface area (Å²) < 4.78 is 0. The molecule has 4 rings (SSSR count). The summed E-state index contributed by atoms with van der Waals surface area (Å²) >= 11 is 0. The van der Waals surface area contributed by atoms with Gasteiger partial charge in [0.25, 0.3) is 5.91 Å². The Morgan fingerprint density at radius 2 is 1.48 bits per heavy atom. The van der Waals surface area contributed by atoms with Crippen molar-refractivity contribution in [1.82, 2.24) is 0 Å². The molecule has 1 aliphatic heterocycles. The van der Waals surface area contributed by atoms with Crippen LogP contribution in [0.3, 0.4) is 0 Å². The quantitative estimate of drug-likeness (QED) is 0.777. The van der Waals surface area contributed by atoms with Gasteiger partial charge in [0.15, 0.2) is 0 Å². The molecular weight excluding hydrogens is 372 g/mol. The maximum atomic E-state index is 12.7. The van der Waals surface area contributed by atoms with Gasteiger partial charge in [0.1, 0.15) is 0 Å². The summed E-state index contributed by atoms with van der Waals surface area (Å²) in [7, 11) is 0. The number of nitrogens with zero attached hydrogens (tertiary/aromatic N) is 1. The van der Waals surface area contributed by atoms with Gasteiger partial charge in [-0.05, 0) is 49.2 Å². The molecule has 1 aliphatic carbocycles. The van der Waals surface area contributed by atoms with Gasteiger partial charge in [-0.3, -0.25) is 19.3 Å². The molecule has 7 heteroatoms. The number of aromatic carboxylic acids is 1. The number of para-hydroxylation sites is 1. The molecule has 1 saturated carbocycles. The number of hydrogen-bond acceptors (Lipinski definition) is 4. The lowest BCUT2D eigenvalue weighted by atomic mass is 9.81. The van der Waals surface area contributed by atoms with Crippen molar-refractivity contribution < 1.29 is 24.3 Å². The largest absolute Gasteiger partial charge is 0.478 e. The van der Waals surface area contributed by atoms with E-state index in [0.29, 0.717) is 11.3 Å². The lowest BCUT2D eigenvalue weighted by Gasteiger charge is -2.19. The molecule has 0 unspecified atom stereocenters. The fraction of sp³-hybridized carbons (Fsp3) is 0.273. The second-order valence-electron chi connectivity index (χ2n) is 7.36. The molecular formula is C22H20N2O5. The van der Waals surface area contributed by atoms with Crippen molar-refractivity contribution in [2.24, 2.45) is 11.8 Å². The Hall–Kier alpha value is -3.48. The van der Waals surface area contributed by atoms with Crippen molar-refractivity contribution in [2.45, 2.75) is 25.7 Å². The average molecular weight is 392 g/mol. The molecule has 2 fully saturated rings. The fourth-order valence-corrected chi connectivity index (χ4v) is 4.15. The third kappa shape index (κ3) is 3.40. The normalized spacial score (nSPS) is 21.0. The van der Waals surface area contributed by atoms with E-state index in [-0.39, 0.29) is 34.9 Å². The van der Waals surface area contributed by atoms with Gasteiger partial charge >= 0.3 is 5.97 Å². The molecule has 7 nitrogen and oxygen atoms in total. The SMILES string of the molecule is O=C(Nc1ccccc1C(=O)O)c1ccc(N2C(=O)[C@@H]3CCCC[C@H]3C2=O)cc1. The summed E-state index contributed by atoms with van der Waals surface area (Å²) in [5.74, 6) is -2.39. The average Bonchev–Trinajstić information content (AvgIpc) is 2.99. The minimum absolute atomic E-state index is 0.00617. The van der Waals surface area contributed by atoms with Crippen LogP contribution < -0.4 is 10.2 Å². The molecule has 2 atom stereocenters. The zero-order valence-electron chi connectivity index (χ0n) is 15.6. The van der Waals surface area contributed by atoms with Crippen molar-refractivity contribution in [2.75, 3.05) is 10.2 Å². The highest BCUT2D eigenvalue weighted by molar-refractivity contribution is 6.22. The number of carboxylic acid groups (broad SMARTS) is 1. The summed E-state index contributed by atoms with van der Waals surface area (Å²) in [6.07, 6.45) is 3.42. The standard InChI is InChI=1S/C22H20N2O5/c25-19(23-18-8-4-3-7-17(18)22(28)29)13-9-11-14(12-10-13)24-20(26)15-5-1-2-6-16(15)21(24)27/h3-4,7-12,15-16H,1-2,5-6H2,(H,23,25)(H,28,29)/t15-,16-/m1/s1. The van der Waals surface area contributed by atoms with Crippen molar-refractivity contribution in [1.29, 1.82) is 0 Å². The topological polar surface area (TPSA) is 104 Å².